The normalized spacial score (nSPS) is 15.6. The van der Waals surface area contributed by atoms with Gasteiger partial charge >= 0.3 is 12.3 Å². The van der Waals surface area contributed by atoms with Crippen molar-refractivity contribution in [2.75, 3.05) is 5.75 Å². The molecule has 0 radical (unpaired) electrons. The summed E-state index contributed by atoms with van der Waals surface area (Å²) < 4.78 is 64.8. The Hall–Kier alpha value is -1.06. The van der Waals surface area contributed by atoms with Gasteiger partial charge in [-0.05, 0) is 29.9 Å². The van der Waals surface area contributed by atoms with Gasteiger partial charge in [-0.25, -0.2) is 0 Å². The fourth-order valence-electron chi connectivity index (χ4n) is 1.45. The summed E-state index contributed by atoms with van der Waals surface area (Å²) in [6, 6.07) is 3.89. The number of hydrogen-bond donors (Lipinski definition) is 3. The van der Waals surface area contributed by atoms with E-state index in [-0.39, 0.29) is 12.0 Å². The highest BCUT2D eigenvalue weighted by atomic mass is 32.1. The van der Waals surface area contributed by atoms with E-state index in [4.69, 9.17) is 0 Å². The van der Waals surface area contributed by atoms with Crippen LogP contribution in [-0.2, 0) is 0 Å². The van der Waals surface area contributed by atoms with Crippen molar-refractivity contribution in [2.24, 2.45) is 0 Å². The van der Waals surface area contributed by atoms with Crippen molar-refractivity contribution in [1.82, 2.24) is 0 Å². The third-order valence-corrected chi connectivity index (χ3v) is 2.85. The summed E-state index contributed by atoms with van der Waals surface area (Å²) in [5.41, 5.74) is 0.159. The average molecular weight is 332 g/mol. The fourth-order valence-corrected chi connectivity index (χ4v) is 1.72. The molecule has 0 fully saturated rings. The zero-order valence-electron chi connectivity index (χ0n) is 10.5. The van der Waals surface area contributed by atoms with Gasteiger partial charge in [-0.15, -0.1) is 0 Å². The van der Waals surface area contributed by atoms with Gasteiger partial charge in [0.15, 0.2) is 0 Å². The number of aliphatic hydroxyl groups is 2. The molecule has 0 aliphatic rings. The summed E-state index contributed by atoms with van der Waals surface area (Å²) in [7, 11) is 0. The molecule has 1 rings (SSSR count). The Balaban J connectivity index is 2.79. The minimum Gasteiger partial charge on any atom is -0.426 e. The molecule has 0 saturated heterocycles. The Morgan fingerprint density at radius 2 is 1.57 bits per heavy atom. The molecule has 0 aromatic heterocycles. The summed E-state index contributed by atoms with van der Waals surface area (Å²) in [6.07, 6.45) is -13.4. The van der Waals surface area contributed by atoms with Crippen molar-refractivity contribution >= 4 is 12.6 Å². The molecule has 2 atom stereocenters. The number of ether oxygens (including phenoxy) is 1. The van der Waals surface area contributed by atoms with Crippen molar-refractivity contribution in [1.29, 1.82) is 0 Å². The van der Waals surface area contributed by atoms with E-state index < -0.39 is 30.2 Å². The number of benzene rings is 1. The molecular formula is C12H13F5O3S. The molecule has 0 saturated carbocycles. The van der Waals surface area contributed by atoms with Crippen LogP contribution in [0.15, 0.2) is 24.3 Å². The molecule has 1 aromatic carbocycles. The molecule has 0 heterocycles. The van der Waals surface area contributed by atoms with Crippen LogP contribution in [0.2, 0.25) is 0 Å². The standard InChI is InChI=1S/C12H13F5O3S/c13-11(14,15)12(16,17)20-8-3-1-7(2-4-8)10(19)9(18)5-6-21/h1-4,9-10,18-19,21H,5-6H2. The minimum absolute atomic E-state index is 0.159. The molecule has 120 valence electrons. The van der Waals surface area contributed by atoms with E-state index in [1.54, 1.807) is 0 Å². The van der Waals surface area contributed by atoms with Crippen molar-refractivity contribution in [3.05, 3.63) is 29.8 Å². The van der Waals surface area contributed by atoms with E-state index in [1.165, 1.54) is 0 Å². The molecular weight excluding hydrogens is 319 g/mol. The Bertz CT molecular complexity index is 449. The van der Waals surface area contributed by atoms with E-state index in [0.29, 0.717) is 5.75 Å². The molecule has 21 heavy (non-hydrogen) atoms. The zero-order chi connectivity index (χ0) is 16.3. The first-order valence-corrected chi connectivity index (χ1v) is 6.42. The van der Waals surface area contributed by atoms with E-state index in [1.807, 2.05) is 0 Å². The smallest absolute Gasteiger partial charge is 0.426 e. The summed E-state index contributed by atoms with van der Waals surface area (Å²) >= 11 is 3.88. The third-order valence-electron chi connectivity index (χ3n) is 2.59. The van der Waals surface area contributed by atoms with Crippen LogP contribution in [0, 0.1) is 0 Å². The first-order valence-electron chi connectivity index (χ1n) is 5.79. The third kappa shape index (κ3) is 4.72. The van der Waals surface area contributed by atoms with Gasteiger partial charge in [0.1, 0.15) is 11.9 Å². The quantitative estimate of drug-likeness (QED) is 0.555. The second-order valence-electron chi connectivity index (χ2n) is 4.21. The lowest BCUT2D eigenvalue weighted by atomic mass is 10.0. The first kappa shape index (κ1) is 18.0. The van der Waals surface area contributed by atoms with Gasteiger partial charge in [-0.3, -0.25) is 0 Å². The molecule has 0 spiro atoms. The highest BCUT2D eigenvalue weighted by Gasteiger charge is 2.61. The van der Waals surface area contributed by atoms with Crippen molar-refractivity contribution < 1.29 is 36.9 Å². The Labute approximate surface area is 122 Å². The van der Waals surface area contributed by atoms with E-state index >= 15 is 0 Å². The van der Waals surface area contributed by atoms with Gasteiger partial charge in [0, 0.05) is 0 Å². The maximum atomic E-state index is 12.7. The van der Waals surface area contributed by atoms with Gasteiger partial charge in [0.2, 0.25) is 0 Å². The SMILES string of the molecule is OC(CCS)C(O)c1ccc(OC(F)(F)C(F)(F)F)cc1. The largest absolute Gasteiger partial charge is 0.499 e. The van der Waals surface area contributed by atoms with Crippen LogP contribution in [0.25, 0.3) is 0 Å². The second-order valence-corrected chi connectivity index (χ2v) is 4.66. The molecule has 1 aromatic rings. The maximum absolute atomic E-state index is 12.7. The van der Waals surface area contributed by atoms with Crippen molar-refractivity contribution in [3.8, 4) is 5.75 Å². The number of halogens is 5. The molecule has 0 amide bonds. The number of hydrogen-bond acceptors (Lipinski definition) is 4. The van der Waals surface area contributed by atoms with Crippen molar-refractivity contribution in [2.45, 2.75) is 30.9 Å². The molecule has 9 heteroatoms. The van der Waals surface area contributed by atoms with E-state index in [9.17, 15) is 32.2 Å². The summed E-state index contributed by atoms with van der Waals surface area (Å²) in [6.45, 7) is 0. The van der Waals surface area contributed by atoms with Crippen molar-refractivity contribution in [3.63, 3.8) is 0 Å². The number of aliphatic hydroxyl groups excluding tert-OH is 2. The topological polar surface area (TPSA) is 49.7 Å². The lowest BCUT2D eigenvalue weighted by Gasteiger charge is -2.21. The van der Waals surface area contributed by atoms with Gasteiger partial charge in [-0.1, -0.05) is 12.1 Å². The minimum atomic E-state index is -5.83. The zero-order valence-corrected chi connectivity index (χ0v) is 11.4. The van der Waals surface area contributed by atoms with Crippen LogP contribution >= 0.6 is 12.6 Å². The molecule has 2 unspecified atom stereocenters. The van der Waals surface area contributed by atoms with Gasteiger partial charge in [0.25, 0.3) is 0 Å². The molecule has 0 aliphatic heterocycles. The fraction of sp³-hybridized carbons (Fsp3) is 0.500. The lowest BCUT2D eigenvalue weighted by Crippen LogP contribution is -2.41. The van der Waals surface area contributed by atoms with Gasteiger partial charge in [0.05, 0.1) is 6.10 Å². The number of alkyl halides is 5. The second kappa shape index (κ2) is 6.80. The lowest BCUT2D eigenvalue weighted by molar-refractivity contribution is -0.360. The van der Waals surface area contributed by atoms with Crippen LogP contribution < -0.4 is 4.74 Å². The van der Waals surface area contributed by atoms with Gasteiger partial charge in [-0.2, -0.15) is 34.6 Å². The maximum Gasteiger partial charge on any atom is 0.499 e. The molecule has 0 aliphatic carbocycles. The average Bonchev–Trinajstić information content (AvgIpc) is 2.37. The summed E-state index contributed by atoms with van der Waals surface area (Å²) in [5.74, 6) is -0.394. The number of rotatable bonds is 6. The summed E-state index contributed by atoms with van der Waals surface area (Å²) in [5, 5.41) is 19.3. The van der Waals surface area contributed by atoms with Crippen LogP contribution in [0.5, 0.6) is 5.75 Å². The Kier molecular flexibility index (Phi) is 5.83. The highest BCUT2D eigenvalue weighted by molar-refractivity contribution is 7.80. The molecule has 3 nitrogen and oxygen atoms in total. The molecule has 2 N–H and O–H groups in total. The van der Waals surface area contributed by atoms with Crippen LogP contribution in [0.4, 0.5) is 22.0 Å². The van der Waals surface area contributed by atoms with E-state index in [2.05, 4.69) is 17.4 Å². The monoisotopic (exact) mass is 332 g/mol. The molecule has 0 bridgehead atoms. The Morgan fingerprint density at radius 1 is 1.05 bits per heavy atom. The van der Waals surface area contributed by atoms with Gasteiger partial charge < -0.3 is 14.9 Å². The van der Waals surface area contributed by atoms with Crippen LogP contribution in [0.3, 0.4) is 0 Å². The Morgan fingerprint density at radius 3 is 2.00 bits per heavy atom. The summed E-state index contributed by atoms with van der Waals surface area (Å²) in [4.78, 5) is 0. The predicted octanol–water partition coefficient (Wildman–Crippen LogP) is 2.93. The highest BCUT2D eigenvalue weighted by Crippen LogP contribution is 2.37. The van der Waals surface area contributed by atoms with Crippen LogP contribution in [-0.4, -0.2) is 34.4 Å². The predicted molar refractivity (Wildman–Crippen MR) is 67.5 cm³/mol. The first-order chi connectivity index (χ1) is 9.58. The number of thiol groups is 1. The van der Waals surface area contributed by atoms with Crippen LogP contribution in [0.1, 0.15) is 18.1 Å². The van der Waals surface area contributed by atoms with E-state index in [0.717, 1.165) is 24.3 Å².